The van der Waals surface area contributed by atoms with Crippen LogP contribution in [0, 0.1) is 21.7 Å². The summed E-state index contributed by atoms with van der Waals surface area (Å²) in [5, 5.41) is 22.1. The van der Waals surface area contributed by atoms with Gasteiger partial charge in [0, 0.05) is 6.07 Å². The smallest absolute Gasteiger partial charge is 0.338 e. The Morgan fingerprint density at radius 2 is 1.95 bits per heavy atom. The minimum absolute atomic E-state index is 0.197. The van der Waals surface area contributed by atoms with Crippen LogP contribution in [0.15, 0.2) is 30.3 Å². The zero-order valence-electron chi connectivity index (χ0n) is 10.8. The third kappa shape index (κ3) is 2.64. The molecule has 0 aliphatic heterocycles. The average Bonchev–Trinajstić information content (AvgIpc) is 2.45. The molecule has 0 saturated carbocycles. The van der Waals surface area contributed by atoms with Crippen molar-refractivity contribution < 1.29 is 23.6 Å². The van der Waals surface area contributed by atoms with Crippen molar-refractivity contribution in [3.8, 4) is 0 Å². The minimum atomic E-state index is -1.62. The van der Waals surface area contributed by atoms with E-state index in [0.717, 1.165) is 6.07 Å². The van der Waals surface area contributed by atoms with Crippen LogP contribution in [0.25, 0.3) is 0 Å². The fraction of sp³-hybridized carbons (Fsp3) is 0. The number of benzene rings is 2. The summed E-state index contributed by atoms with van der Waals surface area (Å²) in [6.07, 6.45) is 0. The Balaban J connectivity index is 2.65. The maximum atomic E-state index is 14.2. The molecule has 7 nitrogen and oxygen atoms in total. The average molecular weight is 309 g/mol. The molecule has 0 spiro atoms. The van der Waals surface area contributed by atoms with Gasteiger partial charge in [0.1, 0.15) is 11.5 Å². The van der Waals surface area contributed by atoms with Crippen molar-refractivity contribution in [1.29, 1.82) is 0 Å². The van der Waals surface area contributed by atoms with Gasteiger partial charge in [0.2, 0.25) is 0 Å². The van der Waals surface area contributed by atoms with Crippen LogP contribution >= 0.6 is 0 Å². The van der Waals surface area contributed by atoms with Crippen molar-refractivity contribution >= 4 is 28.7 Å². The number of nitrogens with two attached hydrogens (primary N) is 1. The Kier molecular flexibility index (Phi) is 3.89. The predicted octanol–water partition coefficient (Wildman–Crippen LogP) is 2.90. The number of anilines is 3. The van der Waals surface area contributed by atoms with Gasteiger partial charge in [-0.3, -0.25) is 10.1 Å². The van der Waals surface area contributed by atoms with Gasteiger partial charge in [0.05, 0.1) is 21.9 Å². The number of rotatable bonds is 4. The lowest BCUT2D eigenvalue weighted by Gasteiger charge is -2.13. The highest BCUT2D eigenvalue weighted by molar-refractivity contribution is 5.98. The van der Waals surface area contributed by atoms with Gasteiger partial charge in [-0.2, -0.15) is 0 Å². The molecule has 2 aromatic carbocycles. The van der Waals surface area contributed by atoms with Crippen LogP contribution in [0.2, 0.25) is 0 Å². The molecule has 0 aromatic heterocycles. The standard InChI is InChI=1S/C13H9F2N3O4/c14-7-3-1-2-4-8(7)17-12-6(13(19)20)5-9(18(21)22)11(16)10(12)15/h1-5,17H,16H2,(H,19,20). The number of carbonyl (C=O) groups is 1. The van der Waals surface area contributed by atoms with Crippen LogP contribution in [0.4, 0.5) is 31.5 Å². The normalized spacial score (nSPS) is 10.3. The fourth-order valence-corrected chi connectivity index (χ4v) is 1.79. The van der Waals surface area contributed by atoms with E-state index in [1.54, 1.807) is 0 Å². The van der Waals surface area contributed by atoms with Gasteiger partial charge in [0.25, 0.3) is 5.69 Å². The number of para-hydroxylation sites is 1. The van der Waals surface area contributed by atoms with Gasteiger partial charge in [0.15, 0.2) is 5.82 Å². The first-order chi connectivity index (χ1) is 10.3. The summed E-state index contributed by atoms with van der Waals surface area (Å²) < 4.78 is 27.8. The highest BCUT2D eigenvalue weighted by Gasteiger charge is 2.26. The SMILES string of the molecule is Nc1c([N+](=O)[O-])cc(C(=O)O)c(Nc2ccccc2F)c1F. The summed E-state index contributed by atoms with van der Waals surface area (Å²) in [4.78, 5) is 20.9. The second-order valence-electron chi connectivity index (χ2n) is 4.21. The second-order valence-corrected chi connectivity index (χ2v) is 4.21. The second kappa shape index (κ2) is 5.64. The summed E-state index contributed by atoms with van der Waals surface area (Å²) in [5.41, 5.74) is 2.00. The zero-order chi connectivity index (χ0) is 16.4. The molecule has 9 heteroatoms. The highest BCUT2D eigenvalue weighted by Crippen LogP contribution is 2.35. The van der Waals surface area contributed by atoms with Gasteiger partial charge < -0.3 is 16.2 Å². The van der Waals surface area contributed by atoms with Gasteiger partial charge in [-0.1, -0.05) is 12.1 Å². The van der Waals surface area contributed by atoms with Gasteiger partial charge in [-0.05, 0) is 12.1 Å². The van der Waals surface area contributed by atoms with Gasteiger partial charge in [-0.15, -0.1) is 0 Å². The topological polar surface area (TPSA) is 118 Å². The first-order valence-corrected chi connectivity index (χ1v) is 5.84. The Morgan fingerprint density at radius 1 is 1.32 bits per heavy atom. The van der Waals surface area contributed by atoms with E-state index in [1.165, 1.54) is 18.2 Å². The molecule has 2 rings (SSSR count). The molecule has 0 unspecified atom stereocenters. The van der Waals surface area contributed by atoms with Crippen molar-refractivity contribution in [1.82, 2.24) is 0 Å². The number of nitrogen functional groups attached to an aromatic ring is 1. The number of halogens is 2. The number of nitro benzene ring substituents is 1. The molecule has 0 atom stereocenters. The highest BCUT2D eigenvalue weighted by atomic mass is 19.1. The first kappa shape index (κ1) is 15.2. The molecule has 2 aromatic rings. The van der Waals surface area contributed by atoms with E-state index in [0.29, 0.717) is 6.07 Å². The summed E-state index contributed by atoms with van der Waals surface area (Å²) in [7, 11) is 0. The summed E-state index contributed by atoms with van der Waals surface area (Å²) in [6.45, 7) is 0. The number of nitrogens with zero attached hydrogens (tertiary/aromatic N) is 1. The molecule has 0 fully saturated rings. The summed E-state index contributed by atoms with van der Waals surface area (Å²) in [5.74, 6) is -3.72. The van der Waals surface area contributed by atoms with E-state index >= 15 is 0 Å². The van der Waals surface area contributed by atoms with Crippen molar-refractivity contribution in [2.24, 2.45) is 0 Å². The van der Waals surface area contributed by atoms with Crippen LogP contribution in [0.1, 0.15) is 10.4 Å². The van der Waals surface area contributed by atoms with E-state index in [4.69, 9.17) is 10.8 Å². The van der Waals surface area contributed by atoms with Crippen molar-refractivity contribution in [3.63, 3.8) is 0 Å². The van der Waals surface area contributed by atoms with E-state index in [9.17, 15) is 23.7 Å². The van der Waals surface area contributed by atoms with E-state index in [-0.39, 0.29) is 5.69 Å². The predicted molar refractivity (Wildman–Crippen MR) is 74.1 cm³/mol. The van der Waals surface area contributed by atoms with E-state index in [2.05, 4.69) is 5.32 Å². The quantitative estimate of drug-likeness (QED) is 0.454. The summed E-state index contributed by atoms with van der Waals surface area (Å²) >= 11 is 0. The number of carboxylic acids is 1. The van der Waals surface area contributed by atoms with Gasteiger partial charge in [-0.25, -0.2) is 13.6 Å². The molecule has 0 amide bonds. The largest absolute Gasteiger partial charge is 0.478 e. The number of nitrogens with one attached hydrogen (secondary N) is 1. The maximum absolute atomic E-state index is 14.2. The lowest BCUT2D eigenvalue weighted by Crippen LogP contribution is -2.10. The number of hydrogen-bond acceptors (Lipinski definition) is 5. The Morgan fingerprint density at radius 3 is 2.50 bits per heavy atom. The molecule has 114 valence electrons. The third-order valence-electron chi connectivity index (χ3n) is 2.84. The molecule has 0 radical (unpaired) electrons. The van der Waals surface area contributed by atoms with E-state index in [1.807, 2.05) is 0 Å². The Bertz CT molecular complexity index is 780. The number of carboxylic acid groups (broad SMARTS) is 1. The fourth-order valence-electron chi connectivity index (χ4n) is 1.79. The lowest BCUT2D eigenvalue weighted by molar-refractivity contribution is -0.384. The van der Waals surface area contributed by atoms with Crippen molar-refractivity contribution in [2.75, 3.05) is 11.1 Å². The number of hydrogen-bond donors (Lipinski definition) is 3. The molecule has 0 aliphatic rings. The maximum Gasteiger partial charge on any atom is 0.338 e. The lowest BCUT2D eigenvalue weighted by atomic mass is 10.1. The van der Waals surface area contributed by atoms with Crippen LogP contribution in [-0.2, 0) is 0 Å². The molecule has 22 heavy (non-hydrogen) atoms. The van der Waals surface area contributed by atoms with Crippen LogP contribution < -0.4 is 11.1 Å². The molecule has 0 saturated heterocycles. The molecular weight excluding hydrogens is 300 g/mol. The Hall–Kier alpha value is -3.23. The summed E-state index contributed by atoms with van der Waals surface area (Å²) in [6, 6.07) is 5.77. The molecule has 0 bridgehead atoms. The van der Waals surface area contributed by atoms with Crippen molar-refractivity contribution in [3.05, 3.63) is 57.6 Å². The molecule has 0 heterocycles. The van der Waals surface area contributed by atoms with E-state index < -0.39 is 45.2 Å². The molecule has 4 N–H and O–H groups in total. The zero-order valence-corrected chi connectivity index (χ0v) is 10.8. The molecule has 0 aliphatic carbocycles. The van der Waals surface area contributed by atoms with Crippen LogP contribution in [0.3, 0.4) is 0 Å². The third-order valence-corrected chi connectivity index (χ3v) is 2.84. The van der Waals surface area contributed by atoms with Crippen molar-refractivity contribution in [2.45, 2.75) is 0 Å². The molecular formula is C13H9F2N3O4. The Labute approximate surface area is 122 Å². The van der Waals surface area contributed by atoms with Crippen LogP contribution in [0.5, 0.6) is 0 Å². The van der Waals surface area contributed by atoms with Gasteiger partial charge >= 0.3 is 5.97 Å². The minimum Gasteiger partial charge on any atom is -0.478 e. The number of nitro groups is 1. The first-order valence-electron chi connectivity index (χ1n) is 5.84. The number of aromatic carboxylic acids is 1. The van der Waals surface area contributed by atoms with Crippen LogP contribution in [-0.4, -0.2) is 16.0 Å². The monoisotopic (exact) mass is 309 g/mol.